The van der Waals surface area contributed by atoms with E-state index in [0.29, 0.717) is 25.5 Å². The van der Waals surface area contributed by atoms with E-state index in [-0.39, 0.29) is 18.4 Å². The Morgan fingerprint density at radius 1 is 0.680 bits per heavy atom. The molecule has 2 amide bonds. The van der Waals surface area contributed by atoms with Gasteiger partial charge in [-0.2, -0.15) is 0 Å². The lowest BCUT2D eigenvalue weighted by atomic mass is 9.98. The van der Waals surface area contributed by atoms with Gasteiger partial charge in [-0.05, 0) is 84.6 Å². The third kappa shape index (κ3) is 7.72. The molecule has 6 aromatic rings. The smallest absolute Gasteiger partial charge is 0.254 e. The van der Waals surface area contributed by atoms with Crippen molar-refractivity contribution in [1.82, 2.24) is 28.9 Å². The van der Waals surface area contributed by atoms with Gasteiger partial charge in [-0.1, -0.05) is 24.3 Å². The number of rotatable bonds is 6. The second-order valence-corrected chi connectivity index (χ2v) is 14.5. The number of aliphatic hydroxyl groups is 1. The lowest BCUT2D eigenvalue weighted by Gasteiger charge is -2.28. The van der Waals surface area contributed by atoms with Gasteiger partial charge in [0.25, 0.3) is 11.8 Å². The van der Waals surface area contributed by atoms with Crippen molar-refractivity contribution in [2.45, 2.75) is 12.8 Å². The summed E-state index contributed by atoms with van der Waals surface area (Å²) >= 11 is 5.77. The fraction of sp³-hybridized carbons (Fsp3) is 0.222. The molecule has 4 heterocycles. The summed E-state index contributed by atoms with van der Waals surface area (Å²) < 4.78 is 13.2. The van der Waals surface area contributed by atoms with Gasteiger partial charge in [0.05, 0.1) is 28.7 Å². The van der Waals surface area contributed by atoms with Crippen molar-refractivity contribution in [2.75, 3.05) is 38.7 Å². The first kappa shape index (κ1) is 35.6. The normalized spacial score (nSPS) is 13.9. The number of nitrogens with zero attached hydrogens (tertiary/aromatic N) is 6. The molecule has 0 aliphatic carbocycles. The van der Waals surface area contributed by atoms with Crippen molar-refractivity contribution in [3.8, 4) is 11.4 Å². The van der Waals surface area contributed by atoms with Gasteiger partial charge in [0.1, 0.15) is 12.7 Å². The number of carbonyl (C=O) groups is 2. The molecule has 0 unspecified atom stereocenters. The molecule has 2 aromatic heterocycles. The first-order valence-electron chi connectivity index (χ1n) is 15.9. The maximum atomic E-state index is 12.5. The van der Waals surface area contributed by atoms with Gasteiger partial charge < -0.3 is 14.9 Å². The number of carbonyl (C=O) groups excluding carboxylic acids is 2. The lowest BCUT2D eigenvalue weighted by molar-refractivity contribution is 0.0704. The summed E-state index contributed by atoms with van der Waals surface area (Å²) in [7, 11) is 7.36. The van der Waals surface area contributed by atoms with Gasteiger partial charge in [0.2, 0.25) is 9.23 Å². The van der Waals surface area contributed by atoms with Gasteiger partial charge >= 0.3 is 0 Å². The third-order valence-corrected chi connectivity index (χ3v) is 8.87. The molecule has 0 saturated carbocycles. The molecule has 0 spiro atoms. The van der Waals surface area contributed by atoms with Crippen LogP contribution in [0.4, 0.5) is 0 Å². The fourth-order valence-corrected chi connectivity index (χ4v) is 6.53. The maximum absolute atomic E-state index is 12.5. The van der Waals surface area contributed by atoms with Crippen LogP contribution in [0.1, 0.15) is 31.8 Å². The first-order valence-corrected chi connectivity index (χ1v) is 19.2. The second-order valence-electron chi connectivity index (χ2n) is 11.6. The third-order valence-electron chi connectivity index (χ3n) is 8.70. The van der Waals surface area contributed by atoms with E-state index in [1.807, 2.05) is 88.9 Å². The molecule has 14 heteroatoms. The van der Waals surface area contributed by atoms with E-state index in [1.165, 1.54) is 0 Å². The molecule has 0 fully saturated rings. The van der Waals surface area contributed by atoms with Crippen LogP contribution in [0.5, 0.6) is 0 Å². The number of benzene rings is 4. The molecule has 258 valence electrons. The number of hydrogen-bond acceptors (Lipinski definition) is 6. The van der Waals surface area contributed by atoms with Gasteiger partial charge in [-0.25, -0.2) is 14.2 Å². The molecule has 4 aromatic carbocycles. The van der Waals surface area contributed by atoms with Gasteiger partial charge in [0.15, 0.2) is 0 Å². The predicted octanol–water partition coefficient (Wildman–Crippen LogP) is 6.32. The monoisotopic (exact) mass is 750 g/mol. The highest BCUT2D eigenvalue weighted by Gasteiger charge is 2.25. The molecule has 0 radical (unpaired) electrons. The summed E-state index contributed by atoms with van der Waals surface area (Å²) in [6.07, 6.45) is 5.31. The largest absolute Gasteiger partial charge is 0.395 e. The average Bonchev–Trinajstić information content (AvgIpc) is 3.76. The Balaban J connectivity index is 0.000000156. The van der Waals surface area contributed by atoms with Gasteiger partial charge in [-0.3, -0.25) is 18.7 Å². The number of halogens is 3. The highest BCUT2D eigenvalue weighted by atomic mass is 36.0. The zero-order valence-electron chi connectivity index (χ0n) is 26.8. The zero-order chi connectivity index (χ0) is 35.2. The molecule has 1 N–H and O–H groups in total. The highest BCUT2D eigenvalue weighted by Crippen LogP contribution is 2.26. The van der Waals surface area contributed by atoms with Crippen molar-refractivity contribution in [1.29, 1.82) is 0 Å². The van der Waals surface area contributed by atoms with Gasteiger partial charge in [-0.15, -0.1) is 11.6 Å². The Morgan fingerprint density at radius 3 is 1.56 bits per heavy atom. The highest BCUT2D eigenvalue weighted by molar-refractivity contribution is 8.26. The van der Waals surface area contributed by atoms with Crippen LogP contribution in [-0.2, 0) is 22.1 Å². The van der Waals surface area contributed by atoms with E-state index in [2.05, 4.69) is 54.1 Å². The van der Waals surface area contributed by atoms with Crippen LogP contribution in [0.25, 0.3) is 33.4 Å². The van der Waals surface area contributed by atoms with E-state index in [4.69, 9.17) is 20.9 Å². The van der Waals surface area contributed by atoms with Crippen molar-refractivity contribution in [2.24, 2.45) is 0 Å². The zero-order valence-corrected chi connectivity index (χ0v) is 29.9. The Labute approximate surface area is 305 Å². The number of hydrogen-bond donors (Lipinski definition) is 1. The number of imidazole rings is 2. The van der Waals surface area contributed by atoms with Crippen molar-refractivity contribution in [3.05, 3.63) is 120 Å². The number of alkyl halides is 1. The van der Waals surface area contributed by atoms with Crippen LogP contribution < -0.4 is 0 Å². The lowest BCUT2D eigenvalue weighted by Crippen LogP contribution is -2.39. The van der Waals surface area contributed by atoms with Crippen LogP contribution in [0.3, 0.4) is 0 Å². The van der Waals surface area contributed by atoms with E-state index in [9.17, 15) is 9.59 Å². The summed E-state index contributed by atoms with van der Waals surface area (Å²) in [5.74, 6) is 0.552. The number of para-hydroxylation sites is 4. The predicted molar refractivity (Wildman–Crippen MR) is 199 cm³/mol. The minimum absolute atomic E-state index is 0.000181. The average molecular weight is 752 g/mol. The molecule has 0 saturated heterocycles. The molecule has 10 nitrogen and oxygen atoms in total. The molecular weight excluding hydrogens is 719 g/mol. The number of aromatic nitrogens is 4. The summed E-state index contributed by atoms with van der Waals surface area (Å²) in [5, 5.41) is 9.05. The van der Waals surface area contributed by atoms with E-state index < -0.39 is 9.23 Å². The molecule has 50 heavy (non-hydrogen) atoms. The summed E-state index contributed by atoms with van der Waals surface area (Å²) in [4.78, 5) is 37.3. The fourth-order valence-electron chi connectivity index (χ4n) is 6.32. The summed E-state index contributed by atoms with van der Waals surface area (Å²) in [5.41, 5.74) is 9.76. The van der Waals surface area contributed by atoms with Crippen LogP contribution in [-0.4, -0.2) is 88.7 Å². The summed E-state index contributed by atoms with van der Waals surface area (Å²) in [6, 6.07) is 27.9. The Bertz CT molecular complexity index is 2040. The quantitative estimate of drug-likeness (QED) is 0.158. The number of amides is 2. The second kappa shape index (κ2) is 16.2. The number of fused-ring (bicyclic) bond motifs is 4. The van der Waals surface area contributed by atoms with Crippen molar-refractivity contribution < 1.29 is 18.9 Å². The number of β-amino-alcohol motifs (C(OH)–C–C–N with tert-alkyl or cyclic N) is 1. The van der Waals surface area contributed by atoms with Crippen LogP contribution in [0.15, 0.2) is 97.6 Å². The molecule has 8 rings (SSSR count). The molecule has 2 aliphatic rings. The number of aliphatic hydroxyl groups excluding tert-OH is 1. The Hall–Kier alpha value is -4.26. The van der Waals surface area contributed by atoms with Crippen molar-refractivity contribution >= 4 is 76.1 Å². The van der Waals surface area contributed by atoms with E-state index in [1.54, 1.807) is 4.90 Å². The van der Waals surface area contributed by atoms with Crippen LogP contribution in [0, 0.1) is 0 Å². The Morgan fingerprint density at radius 2 is 1.12 bits per heavy atom. The van der Waals surface area contributed by atoms with E-state index >= 15 is 0 Å². The van der Waals surface area contributed by atoms with E-state index in [0.717, 1.165) is 75.1 Å². The molecule has 0 bridgehead atoms. The van der Waals surface area contributed by atoms with Gasteiger partial charge in [0, 0.05) is 75.9 Å². The van der Waals surface area contributed by atoms with Crippen LogP contribution in [0.2, 0.25) is 0 Å². The summed E-state index contributed by atoms with van der Waals surface area (Å²) in [6.45, 7) is 2.38. The van der Waals surface area contributed by atoms with Crippen molar-refractivity contribution in [3.63, 3.8) is 0 Å². The van der Waals surface area contributed by atoms with Crippen LogP contribution >= 0.6 is 33.0 Å². The Kier molecular flexibility index (Phi) is 11.5. The molecule has 0 atom stereocenters. The standard InChI is InChI=1S/C18H16ClN3O.C18H17N3O2.Cl2OS/c19-8-10-21-9-7-13-11-14(5-6-15(13)18(21)23)22-12-20-16-3-1-2-4-17(16)22;22-10-9-20-8-7-13-11-14(5-6-15(13)18(20)23)21-12-19-16-3-1-2-4-17(16)21;1-4(2)3/h1-6,11-12H,7-10H2;1-6,11-12,22H,7-10H2;. The SMILES string of the molecule is O=C1c2ccc(-n3cnc4ccccc43)cc2CCN1CCCl.O=C1c2ccc(-n3cnc4ccccc43)cc2CCN1CCO.O=S(Cl)Cl. The topological polar surface area (TPSA) is 114 Å². The maximum Gasteiger partial charge on any atom is 0.254 e. The molecular formula is C36H33Cl3N6O4S. The minimum atomic E-state index is -1.67. The molecule has 2 aliphatic heterocycles. The minimum Gasteiger partial charge on any atom is -0.395 e. The first-order chi connectivity index (χ1) is 24.3.